The van der Waals surface area contributed by atoms with Gasteiger partial charge in [0.05, 0.1) is 0 Å². The molecule has 0 aliphatic rings. The quantitative estimate of drug-likeness (QED) is 0.553. The van der Waals surface area contributed by atoms with E-state index in [0.29, 0.717) is 5.46 Å². The maximum Gasteiger partial charge on any atom is 0.489 e. The van der Waals surface area contributed by atoms with Crippen LogP contribution in [0.1, 0.15) is 5.56 Å². The summed E-state index contributed by atoms with van der Waals surface area (Å²) in [6.45, 7) is 2.06. The van der Waals surface area contributed by atoms with Gasteiger partial charge in [-0.2, -0.15) is 0 Å². The average Bonchev–Trinajstić information content (AvgIpc) is 2.94. The molecule has 0 spiro atoms. The molecular formula is C19H15BO2S. The highest BCUT2D eigenvalue weighted by atomic mass is 32.1. The Kier molecular flexibility index (Phi) is 3.45. The van der Waals surface area contributed by atoms with E-state index in [1.54, 1.807) is 17.4 Å². The molecule has 4 aromatic rings. The predicted molar refractivity (Wildman–Crippen MR) is 99.3 cm³/mol. The zero-order valence-electron chi connectivity index (χ0n) is 12.7. The fourth-order valence-electron chi connectivity index (χ4n) is 3.08. The lowest BCUT2D eigenvalue weighted by Gasteiger charge is -2.04. The van der Waals surface area contributed by atoms with Crippen molar-refractivity contribution in [1.82, 2.24) is 0 Å². The highest BCUT2D eigenvalue weighted by Crippen LogP contribution is 2.37. The molecule has 1 heterocycles. The van der Waals surface area contributed by atoms with E-state index in [0.717, 1.165) is 20.3 Å². The van der Waals surface area contributed by atoms with Crippen LogP contribution < -0.4 is 5.46 Å². The fourth-order valence-corrected chi connectivity index (χ4v) is 4.43. The number of benzene rings is 3. The van der Waals surface area contributed by atoms with E-state index < -0.39 is 7.12 Å². The average molecular weight is 318 g/mol. The van der Waals surface area contributed by atoms with Gasteiger partial charge in [-0.1, -0.05) is 54.6 Å². The van der Waals surface area contributed by atoms with Crippen molar-refractivity contribution in [2.24, 2.45) is 0 Å². The molecular weight excluding hydrogens is 303 g/mol. The molecule has 2 nitrogen and oxygen atoms in total. The van der Waals surface area contributed by atoms with Gasteiger partial charge >= 0.3 is 7.12 Å². The zero-order valence-corrected chi connectivity index (χ0v) is 13.5. The Morgan fingerprint density at radius 3 is 2.39 bits per heavy atom. The second-order valence-corrected chi connectivity index (χ2v) is 6.78. The van der Waals surface area contributed by atoms with Crippen LogP contribution in [-0.4, -0.2) is 17.2 Å². The Morgan fingerprint density at radius 1 is 0.870 bits per heavy atom. The lowest BCUT2D eigenvalue weighted by atomic mass is 9.79. The van der Waals surface area contributed by atoms with E-state index >= 15 is 0 Å². The van der Waals surface area contributed by atoms with E-state index in [-0.39, 0.29) is 0 Å². The van der Waals surface area contributed by atoms with E-state index in [1.165, 1.54) is 16.5 Å². The molecule has 2 N–H and O–H groups in total. The molecule has 0 amide bonds. The SMILES string of the molecule is Cc1ccc(B(O)O)c2sc3cc(-c4ccccc4)ccc3c12. The normalized spacial score (nSPS) is 11.3. The van der Waals surface area contributed by atoms with Crippen LogP contribution >= 0.6 is 11.3 Å². The number of rotatable bonds is 2. The predicted octanol–water partition coefficient (Wildman–Crippen LogP) is 3.71. The van der Waals surface area contributed by atoms with Crippen molar-refractivity contribution in [2.45, 2.75) is 6.92 Å². The Labute approximate surface area is 138 Å². The Bertz CT molecular complexity index is 1010. The summed E-state index contributed by atoms with van der Waals surface area (Å²) in [5, 5.41) is 21.6. The maximum atomic E-state index is 9.63. The minimum Gasteiger partial charge on any atom is -0.423 e. The third-order valence-electron chi connectivity index (χ3n) is 4.24. The fraction of sp³-hybridized carbons (Fsp3) is 0.0526. The maximum absolute atomic E-state index is 9.63. The smallest absolute Gasteiger partial charge is 0.423 e. The van der Waals surface area contributed by atoms with Crippen LogP contribution in [0.3, 0.4) is 0 Å². The van der Waals surface area contributed by atoms with Crippen LogP contribution in [0.15, 0.2) is 60.7 Å². The number of hydrogen-bond acceptors (Lipinski definition) is 3. The molecule has 0 unspecified atom stereocenters. The molecule has 4 heteroatoms. The van der Waals surface area contributed by atoms with E-state index in [2.05, 4.69) is 37.3 Å². The van der Waals surface area contributed by atoms with Crippen LogP contribution in [-0.2, 0) is 0 Å². The van der Waals surface area contributed by atoms with Crippen molar-refractivity contribution in [3.63, 3.8) is 0 Å². The van der Waals surface area contributed by atoms with Crippen molar-refractivity contribution in [3.8, 4) is 11.1 Å². The molecule has 0 bridgehead atoms. The largest absolute Gasteiger partial charge is 0.489 e. The first-order chi connectivity index (χ1) is 11.1. The lowest BCUT2D eigenvalue weighted by molar-refractivity contribution is 0.426. The van der Waals surface area contributed by atoms with Gasteiger partial charge in [-0.3, -0.25) is 0 Å². The summed E-state index contributed by atoms with van der Waals surface area (Å²) < 4.78 is 2.12. The van der Waals surface area contributed by atoms with E-state index in [9.17, 15) is 10.0 Å². The van der Waals surface area contributed by atoms with Gasteiger partial charge in [0.2, 0.25) is 0 Å². The molecule has 1 aromatic heterocycles. The van der Waals surface area contributed by atoms with Gasteiger partial charge in [-0.25, -0.2) is 0 Å². The van der Waals surface area contributed by atoms with Crippen LogP contribution in [0.25, 0.3) is 31.3 Å². The molecule has 0 aliphatic heterocycles. The monoisotopic (exact) mass is 318 g/mol. The number of thiophene rings is 1. The van der Waals surface area contributed by atoms with Crippen molar-refractivity contribution < 1.29 is 10.0 Å². The van der Waals surface area contributed by atoms with Crippen LogP contribution in [0.4, 0.5) is 0 Å². The summed E-state index contributed by atoms with van der Waals surface area (Å²) in [6.07, 6.45) is 0. The van der Waals surface area contributed by atoms with Gasteiger partial charge < -0.3 is 10.0 Å². The van der Waals surface area contributed by atoms with Crippen molar-refractivity contribution in [1.29, 1.82) is 0 Å². The number of aryl methyl sites for hydroxylation is 1. The van der Waals surface area contributed by atoms with Gasteiger partial charge in [0.15, 0.2) is 0 Å². The molecule has 0 atom stereocenters. The highest BCUT2D eigenvalue weighted by molar-refractivity contribution is 7.27. The zero-order chi connectivity index (χ0) is 16.0. The van der Waals surface area contributed by atoms with Gasteiger partial charge in [0.25, 0.3) is 0 Å². The molecule has 0 aliphatic carbocycles. The number of fused-ring (bicyclic) bond motifs is 3. The summed E-state index contributed by atoms with van der Waals surface area (Å²) >= 11 is 1.62. The second kappa shape index (κ2) is 5.50. The molecule has 23 heavy (non-hydrogen) atoms. The summed E-state index contributed by atoms with van der Waals surface area (Å²) in [5.41, 5.74) is 4.09. The molecule has 112 valence electrons. The minimum atomic E-state index is -1.44. The second-order valence-electron chi connectivity index (χ2n) is 5.73. The Morgan fingerprint density at radius 2 is 1.65 bits per heavy atom. The van der Waals surface area contributed by atoms with Crippen molar-refractivity contribution >= 4 is 44.1 Å². The van der Waals surface area contributed by atoms with E-state index in [4.69, 9.17) is 0 Å². The van der Waals surface area contributed by atoms with Gasteiger partial charge in [-0.15, -0.1) is 11.3 Å². The van der Waals surface area contributed by atoms with Crippen LogP contribution in [0.5, 0.6) is 0 Å². The first-order valence-electron chi connectivity index (χ1n) is 7.52. The molecule has 0 saturated carbocycles. The number of hydrogen-bond donors (Lipinski definition) is 2. The summed E-state index contributed by atoms with van der Waals surface area (Å²) in [6, 6.07) is 20.5. The van der Waals surface area contributed by atoms with Crippen molar-refractivity contribution in [2.75, 3.05) is 0 Å². The molecule has 0 radical (unpaired) electrons. The summed E-state index contributed by atoms with van der Waals surface area (Å²) in [7, 11) is -1.44. The first kappa shape index (κ1) is 14.5. The Balaban J connectivity index is 2.02. The third kappa shape index (κ3) is 2.36. The van der Waals surface area contributed by atoms with Crippen molar-refractivity contribution in [3.05, 3.63) is 66.2 Å². The lowest BCUT2D eigenvalue weighted by Crippen LogP contribution is -2.29. The Hall–Kier alpha value is -2.14. The molecule has 3 aromatic carbocycles. The minimum absolute atomic E-state index is 0.577. The topological polar surface area (TPSA) is 40.5 Å². The van der Waals surface area contributed by atoms with Crippen LogP contribution in [0, 0.1) is 6.92 Å². The van der Waals surface area contributed by atoms with E-state index in [1.807, 2.05) is 24.3 Å². The molecule has 0 fully saturated rings. The molecule has 0 saturated heterocycles. The standard InChI is InChI=1S/C19H15BO2S/c1-12-7-10-16(20(21)22)19-18(12)15-9-8-14(11-17(15)23-19)13-5-3-2-4-6-13/h2-11,21-22H,1H3. The molecule has 4 rings (SSSR count). The van der Waals surface area contributed by atoms with Gasteiger partial charge in [0, 0.05) is 20.2 Å². The van der Waals surface area contributed by atoms with Gasteiger partial charge in [0.1, 0.15) is 0 Å². The summed E-state index contributed by atoms with van der Waals surface area (Å²) in [5.74, 6) is 0. The van der Waals surface area contributed by atoms with Gasteiger partial charge in [-0.05, 0) is 35.1 Å². The third-order valence-corrected chi connectivity index (χ3v) is 5.45. The highest BCUT2D eigenvalue weighted by Gasteiger charge is 2.19. The first-order valence-corrected chi connectivity index (χ1v) is 8.34. The van der Waals surface area contributed by atoms with Crippen LogP contribution in [0.2, 0.25) is 0 Å². The summed E-state index contributed by atoms with van der Waals surface area (Å²) in [4.78, 5) is 0.